The van der Waals surface area contributed by atoms with Crippen molar-refractivity contribution in [3.63, 3.8) is 0 Å². The van der Waals surface area contributed by atoms with Crippen LogP contribution >= 0.6 is 11.3 Å². The SMILES string of the molecule is C[Si](C)(C)C#CC[CH2][Cu][c]1cccs1. The molecule has 81 valence electrons. The van der Waals surface area contributed by atoms with Crippen molar-refractivity contribution in [3.8, 4) is 11.5 Å². The first-order valence-electron chi connectivity index (χ1n) is 4.61. The standard InChI is InChI=1S/C7H13Si.C4H3S.Cu/c1-5-6-7-8(2,3)4;1-2-4-5-3-1;/h1,5H2,2-4H3;1-3H;. The van der Waals surface area contributed by atoms with E-state index in [9.17, 15) is 0 Å². The van der Waals surface area contributed by atoms with Gasteiger partial charge in [0.15, 0.2) is 0 Å². The Morgan fingerprint density at radius 2 is 2.21 bits per heavy atom. The van der Waals surface area contributed by atoms with E-state index in [1.165, 1.54) is 3.78 Å². The summed E-state index contributed by atoms with van der Waals surface area (Å²) in [6, 6.07) is 4.26. The molecule has 0 saturated carbocycles. The summed E-state index contributed by atoms with van der Waals surface area (Å²) < 4.78 is 1.39. The first-order valence-corrected chi connectivity index (χ1v) is 10.1. The minimum atomic E-state index is -1.14. The summed E-state index contributed by atoms with van der Waals surface area (Å²) in [4.78, 5) is 0. The molecule has 3 heteroatoms. The Hall–Kier alpha value is -0.00364. The van der Waals surface area contributed by atoms with Crippen LogP contribution in [0.25, 0.3) is 0 Å². The minimum absolute atomic E-state index is 1.02. The van der Waals surface area contributed by atoms with Crippen LogP contribution in [0.2, 0.25) is 25.0 Å². The van der Waals surface area contributed by atoms with Crippen molar-refractivity contribution in [2.75, 3.05) is 0 Å². The summed E-state index contributed by atoms with van der Waals surface area (Å²) in [5, 5.41) is 3.23. The third-order valence-electron chi connectivity index (χ3n) is 1.31. The number of rotatable bonds is 3. The molecule has 0 radical (unpaired) electrons. The van der Waals surface area contributed by atoms with Crippen LogP contribution in [0.1, 0.15) is 6.42 Å². The van der Waals surface area contributed by atoms with Crippen LogP contribution < -0.4 is 3.78 Å². The zero-order chi connectivity index (χ0) is 10.4. The van der Waals surface area contributed by atoms with Gasteiger partial charge in [0.25, 0.3) is 0 Å². The quantitative estimate of drug-likeness (QED) is 0.450. The maximum atomic E-state index is 3.38. The van der Waals surface area contributed by atoms with E-state index < -0.39 is 8.07 Å². The van der Waals surface area contributed by atoms with Gasteiger partial charge in [-0.3, -0.25) is 0 Å². The molecule has 0 fully saturated rings. The molecule has 0 bridgehead atoms. The van der Waals surface area contributed by atoms with E-state index in [0.29, 0.717) is 0 Å². The number of thiophene rings is 1. The number of hydrogen-bond donors (Lipinski definition) is 0. The molecule has 0 aliphatic carbocycles. The maximum absolute atomic E-state index is 3.38. The van der Waals surface area contributed by atoms with Crippen LogP contribution in [-0.4, -0.2) is 8.07 Å². The van der Waals surface area contributed by atoms with Gasteiger partial charge in [-0.1, -0.05) is 0 Å². The van der Waals surface area contributed by atoms with Crippen molar-refractivity contribution >= 4 is 23.2 Å². The fourth-order valence-electron chi connectivity index (χ4n) is 0.784. The van der Waals surface area contributed by atoms with E-state index in [2.05, 4.69) is 48.6 Å². The third kappa shape index (κ3) is 5.67. The zero-order valence-corrected chi connectivity index (χ0v) is 11.6. The topological polar surface area (TPSA) is 0 Å². The van der Waals surface area contributed by atoms with Crippen LogP contribution in [0.4, 0.5) is 0 Å². The van der Waals surface area contributed by atoms with Gasteiger partial charge in [-0.05, 0) is 0 Å². The van der Waals surface area contributed by atoms with Crippen LogP contribution in [0.15, 0.2) is 17.5 Å². The summed E-state index contributed by atoms with van der Waals surface area (Å²) in [5.74, 6) is 3.28. The van der Waals surface area contributed by atoms with Gasteiger partial charge in [0.05, 0.1) is 0 Å². The molecule has 0 aliphatic rings. The summed E-state index contributed by atoms with van der Waals surface area (Å²) in [7, 11) is -1.14. The Kier molecular flexibility index (Phi) is 4.98. The summed E-state index contributed by atoms with van der Waals surface area (Å²) in [6.07, 6.45) is 1.02. The second-order valence-corrected chi connectivity index (χ2v) is 11.2. The second-order valence-electron chi connectivity index (χ2n) is 3.94. The van der Waals surface area contributed by atoms with Gasteiger partial charge in [-0.15, -0.1) is 0 Å². The Labute approximate surface area is 98.3 Å². The Bertz CT molecular complexity index is 313. The molecule has 0 aromatic carbocycles. The average molecular weight is 272 g/mol. The van der Waals surface area contributed by atoms with Gasteiger partial charge in [-0.25, -0.2) is 0 Å². The molecule has 1 aromatic rings. The average Bonchev–Trinajstić information content (AvgIpc) is 2.54. The second kappa shape index (κ2) is 5.77. The third-order valence-corrected chi connectivity index (χ3v) is 4.52. The van der Waals surface area contributed by atoms with E-state index in [-0.39, 0.29) is 0 Å². The Balaban J connectivity index is 2.19. The Morgan fingerprint density at radius 1 is 1.43 bits per heavy atom. The van der Waals surface area contributed by atoms with Crippen LogP contribution in [0, 0.1) is 11.5 Å². The van der Waals surface area contributed by atoms with Crippen LogP contribution in [0.5, 0.6) is 0 Å². The molecular formula is C11H16CuSSi. The molecule has 0 amide bonds. The van der Waals surface area contributed by atoms with Gasteiger partial charge in [0.2, 0.25) is 0 Å². The van der Waals surface area contributed by atoms with Crippen LogP contribution in [0.3, 0.4) is 0 Å². The van der Waals surface area contributed by atoms with E-state index in [0.717, 1.165) is 11.7 Å². The number of hydrogen-bond acceptors (Lipinski definition) is 1. The molecule has 0 unspecified atom stereocenters. The zero-order valence-electron chi connectivity index (χ0n) is 8.86. The van der Waals surface area contributed by atoms with Gasteiger partial charge < -0.3 is 0 Å². The van der Waals surface area contributed by atoms with E-state index in [1.807, 2.05) is 15.0 Å². The molecule has 0 saturated heterocycles. The molecule has 0 atom stereocenters. The molecule has 0 N–H and O–H groups in total. The monoisotopic (exact) mass is 271 g/mol. The molecule has 1 heterocycles. The molecule has 1 aromatic heterocycles. The first kappa shape index (κ1) is 12.1. The van der Waals surface area contributed by atoms with Crippen molar-refractivity contribution in [2.24, 2.45) is 0 Å². The molecular weight excluding hydrogens is 256 g/mol. The van der Waals surface area contributed by atoms with Gasteiger partial charge >= 0.3 is 98.5 Å². The normalized spacial score (nSPS) is 11.1. The van der Waals surface area contributed by atoms with Crippen molar-refractivity contribution in [2.45, 2.75) is 31.4 Å². The van der Waals surface area contributed by atoms with Crippen molar-refractivity contribution in [3.05, 3.63) is 17.5 Å². The molecule has 0 aliphatic heterocycles. The van der Waals surface area contributed by atoms with E-state index in [4.69, 9.17) is 0 Å². The molecule has 1 rings (SSSR count). The molecule has 0 spiro atoms. The van der Waals surface area contributed by atoms with Gasteiger partial charge in [-0.2, -0.15) is 0 Å². The molecule has 14 heavy (non-hydrogen) atoms. The fourth-order valence-corrected chi connectivity index (χ4v) is 3.27. The van der Waals surface area contributed by atoms with Gasteiger partial charge in [0.1, 0.15) is 0 Å². The predicted octanol–water partition coefficient (Wildman–Crippen LogP) is 3.15. The van der Waals surface area contributed by atoms with Crippen molar-refractivity contribution < 1.29 is 15.0 Å². The fraction of sp³-hybridized carbons (Fsp3) is 0.455. The summed E-state index contributed by atoms with van der Waals surface area (Å²) in [6.45, 7) is 6.85. The summed E-state index contributed by atoms with van der Waals surface area (Å²) >= 11 is 3.80. The first-order chi connectivity index (χ1) is 6.58. The molecule has 0 nitrogen and oxygen atoms in total. The van der Waals surface area contributed by atoms with Crippen LogP contribution in [-0.2, 0) is 15.0 Å². The van der Waals surface area contributed by atoms with Gasteiger partial charge in [0, 0.05) is 0 Å². The van der Waals surface area contributed by atoms with Crippen molar-refractivity contribution in [1.82, 2.24) is 0 Å². The van der Waals surface area contributed by atoms with Crippen molar-refractivity contribution in [1.29, 1.82) is 0 Å². The summed E-state index contributed by atoms with van der Waals surface area (Å²) in [5.41, 5.74) is 3.38. The van der Waals surface area contributed by atoms with E-state index in [1.54, 1.807) is 11.3 Å². The Morgan fingerprint density at radius 3 is 2.79 bits per heavy atom. The van der Waals surface area contributed by atoms with E-state index >= 15 is 0 Å². The predicted molar refractivity (Wildman–Crippen MR) is 64.5 cm³/mol.